The van der Waals surface area contributed by atoms with Gasteiger partial charge in [0.05, 0.1) is 5.11 Å². The lowest BCUT2D eigenvalue weighted by molar-refractivity contribution is 0.873. The molecule has 1 aliphatic heterocycles. The van der Waals surface area contributed by atoms with Gasteiger partial charge >= 0.3 is 0 Å². The van der Waals surface area contributed by atoms with E-state index in [1.165, 1.54) is 0 Å². The smallest absolute Gasteiger partial charge is 0.147 e. The first kappa shape index (κ1) is 3.33. The fourth-order valence-electron chi connectivity index (χ4n) is 0.259. The summed E-state index contributed by atoms with van der Waals surface area (Å²) in [5, 5.41) is 7.06. The van der Waals surface area contributed by atoms with Gasteiger partial charge in [-0.3, -0.25) is 0 Å². The number of hydrogen-bond donors (Lipinski definition) is 1. The lowest BCUT2D eigenvalue weighted by Crippen LogP contribution is -1.83. The summed E-state index contributed by atoms with van der Waals surface area (Å²) in [5.41, 5.74) is 3.49. The van der Waals surface area contributed by atoms with Crippen molar-refractivity contribution in [2.75, 3.05) is 0 Å². The van der Waals surface area contributed by atoms with Crippen LogP contribution < -0.4 is 10.5 Å². The van der Waals surface area contributed by atoms with Gasteiger partial charge in [-0.25, -0.2) is 0 Å². The van der Waals surface area contributed by atoms with Gasteiger partial charge in [-0.2, -0.15) is 0 Å². The van der Waals surface area contributed by atoms with E-state index in [1.807, 2.05) is 6.92 Å². The second-order valence-corrected chi connectivity index (χ2v) is 1.11. The molecule has 1 N–H and O–H groups in total. The first-order valence-corrected chi connectivity index (χ1v) is 1.72. The first-order chi connectivity index (χ1) is 2.89. The molecule has 0 saturated heterocycles. The van der Waals surface area contributed by atoms with Gasteiger partial charge in [0.25, 0.3) is 0 Å². The zero-order valence-electron chi connectivity index (χ0n) is 3.47. The molecule has 1 heterocycles. The molecule has 0 atom stereocenters. The predicted molar refractivity (Wildman–Crippen MR) is 21.5 cm³/mol. The molecule has 0 amide bonds. The molecule has 0 bridgehead atoms. The maximum Gasteiger partial charge on any atom is 0.218 e. The Labute approximate surface area is 35.7 Å². The molecule has 31 valence electrons. The molecule has 0 saturated carbocycles. The SMILES string of the molecule is CC1=CNN=[N+]1. The third-order valence-electron chi connectivity index (χ3n) is 0.539. The van der Waals surface area contributed by atoms with Crippen molar-refractivity contribution in [2.45, 2.75) is 6.92 Å². The second kappa shape index (κ2) is 1.08. The van der Waals surface area contributed by atoms with Gasteiger partial charge in [0, 0.05) is 6.92 Å². The zero-order valence-corrected chi connectivity index (χ0v) is 3.47. The Balaban J connectivity index is 2.68. The highest BCUT2D eigenvalue weighted by atomic mass is 15.4. The van der Waals surface area contributed by atoms with Crippen LogP contribution >= 0.6 is 0 Å². The van der Waals surface area contributed by atoms with Gasteiger partial charge in [-0.15, -0.1) is 5.43 Å². The minimum absolute atomic E-state index is 0.926. The Hall–Kier alpha value is -0.860. The zero-order chi connectivity index (χ0) is 4.41. The summed E-state index contributed by atoms with van der Waals surface area (Å²) in [5.74, 6) is 0. The van der Waals surface area contributed by atoms with Crippen LogP contribution in [0.5, 0.6) is 0 Å². The van der Waals surface area contributed by atoms with Crippen LogP contribution in [0.3, 0.4) is 0 Å². The average molecular weight is 83.1 g/mol. The number of hydrogen-bond acceptors (Lipinski definition) is 3. The van der Waals surface area contributed by atoms with E-state index in [0.717, 1.165) is 5.70 Å². The molecule has 0 aromatic carbocycles. The van der Waals surface area contributed by atoms with Crippen LogP contribution in [-0.2, 0) is 0 Å². The van der Waals surface area contributed by atoms with Crippen molar-refractivity contribution in [3.05, 3.63) is 11.9 Å². The Morgan fingerprint density at radius 2 is 2.83 bits per heavy atom. The van der Waals surface area contributed by atoms with Crippen LogP contribution in [0.15, 0.2) is 17.1 Å². The molecule has 1 aliphatic rings. The van der Waals surface area contributed by atoms with E-state index < -0.39 is 0 Å². The molecule has 1 rings (SSSR count). The molecule has 0 aliphatic carbocycles. The van der Waals surface area contributed by atoms with Crippen LogP contribution in [0, 0.1) is 0 Å². The number of nitrogens with zero attached hydrogens (tertiary/aromatic N) is 2. The van der Waals surface area contributed by atoms with Crippen LogP contribution in [0.25, 0.3) is 0 Å². The maximum absolute atomic E-state index is 3.61. The van der Waals surface area contributed by atoms with E-state index in [-0.39, 0.29) is 0 Å². The van der Waals surface area contributed by atoms with Gasteiger partial charge < -0.3 is 0 Å². The maximum atomic E-state index is 3.61. The van der Waals surface area contributed by atoms with Crippen molar-refractivity contribution in [3.63, 3.8) is 0 Å². The molecule has 0 spiro atoms. The Morgan fingerprint density at radius 1 is 2.00 bits per heavy atom. The largest absolute Gasteiger partial charge is 0.218 e. The molecule has 1 radical (unpaired) electrons. The predicted octanol–water partition coefficient (Wildman–Crippen LogP) is 0.154. The van der Waals surface area contributed by atoms with Crippen molar-refractivity contribution < 1.29 is 0 Å². The van der Waals surface area contributed by atoms with Crippen LogP contribution in [0.4, 0.5) is 0 Å². The summed E-state index contributed by atoms with van der Waals surface area (Å²) in [6.07, 6.45) is 1.74. The molecule has 0 aromatic rings. The van der Waals surface area contributed by atoms with Crippen molar-refractivity contribution in [3.8, 4) is 0 Å². The summed E-state index contributed by atoms with van der Waals surface area (Å²) in [7, 11) is 0. The van der Waals surface area contributed by atoms with Crippen LogP contribution in [0.2, 0.25) is 0 Å². The third-order valence-corrected chi connectivity index (χ3v) is 0.539. The fraction of sp³-hybridized carbons (Fsp3) is 0.333. The minimum atomic E-state index is 0.926. The summed E-state index contributed by atoms with van der Waals surface area (Å²) < 4.78 is 0. The van der Waals surface area contributed by atoms with E-state index in [1.54, 1.807) is 6.20 Å². The van der Waals surface area contributed by atoms with Crippen molar-refractivity contribution in [2.24, 2.45) is 5.22 Å². The van der Waals surface area contributed by atoms with Crippen LogP contribution in [0.1, 0.15) is 6.92 Å². The van der Waals surface area contributed by atoms with E-state index in [9.17, 15) is 0 Å². The lowest BCUT2D eigenvalue weighted by Gasteiger charge is -1.56. The van der Waals surface area contributed by atoms with Gasteiger partial charge in [-0.05, 0) is 0 Å². The fourth-order valence-corrected chi connectivity index (χ4v) is 0.259. The lowest BCUT2D eigenvalue weighted by atomic mass is 10.6. The Kier molecular flexibility index (Phi) is 0.602. The quantitative estimate of drug-likeness (QED) is 0.445. The molecular weight excluding hydrogens is 78.1 g/mol. The van der Waals surface area contributed by atoms with Gasteiger partial charge in [-0.1, -0.05) is 0 Å². The molecule has 0 fully saturated rings. The summed E-state index contributed by atoms with van der Waals surface area (Å²) in [6.45, 7) is 1.88. The summed E-state index contributed by atoms with van der Waals surface area (Å²) in [4.78, 5) is 0. The van der Waals surface area contributed by atoms with E-state index >= 15 is 0 Å². The van der Waals surface area contributed by atoms with Crippen molar-refractivity contribution in [1.29, 1.82) is 0 Å². The molecule has 0 unspecified atom stereocenters. The highest BCUT2D eigenvalue weighted by molar-refractivity contribution is 4.91. The van der Waals surface area contributed by atoms with Crippen molar-refractivity contribution >= 4 is 0 Å². The normalized spacial score (nSPS) is 17.2. The molecule has 6 heavy (non-hydrogen) atoms. The number of allylic oxidation sites excluding steroid dienone is 1. The molecule has 3 nitrogen and oxygen atoms in total. The summed E-state index contributed by atoms with van der Waals surface area (Å²) >= 11 is 0. The number of nitrogens with one attached hydrogen (secondary N) is 1. The van der Waals surface area contributed by atoms with Gasteiger partial charge in [0.2, 0.25) is 5.70 Å². The molecule has 3 heteroatoms. The van der Waals surface area contributed by atoms with Crippen molar-refractivity contribution in [1.82, 2.24) is 10.5 Å². The minimum Gasteiger partial charge on any atom is -0.147 e. The summed E-state index contributed by atoms with van der Waals surface area (Å²) in [6, 6.07) is 0. The number of rotatable bonds is 0. The Morgan fingerprint density at radius 3 is 3.00 bits per heavy atom. The third kappa shape index (κ3) is 0.381. The molecular formula is C3H5N3+. The van der Waals surface area contributed by atoms with Gasteiger partial charge in [0.1, 0.15) is 5.22 Å². The Bertz CT molecular complexity index is 99.9. The van der Waals surface area contributed by atoms with Crippen LogP contribution in [-0.4, -0.2) is 0 Å². The topological polar surface area (TPSA) is 38.5 Å². The standard InChI is InChI=1S/C3H5N3/c1-3-2-4-6-5-3/h2H,1H3,(H,4,6)/q+1. The molecule has 0 aromatic heterocycles. The van der Waals surface area contributed by atoms with E-state index in [0.29, 0.717) is 0 Å². The van der Waals surface area contributed by atoms with Gasteiger partial charge in [0.15, 0.2) is 6.20 Å². The highest BCUT2D eigenvalue weighted by Gasteiger charge is 2.00. The monoisotopic (exact) mass is 83.0 g/mol. The second-order valence-electron chi connectivity index (χ2n) is 1.11. The highest BCUT2D eigenvalue weighted by Crippen LogP contribution is 1.85. The van der Waals surface area contributed by atoms with E-state index in [4.69, 9.17) is 0 Å². The van der Waals surface area contributed by atoms with E-state index in [2.05, 4.69) is 15.8 Å². The average Bonchev–Trinajstić information content (AvgIpc) is 1.86. The first-order valence-electron chi connectivity index (χ1n) is 1.72.